The molecule has 0 amide bonds. The van der Waals surface area contributed by atoms with E-state index in [-0.39, 0.29) is 21.7 Å². The number of esters is 1. The second-order valence-corrected chi connectivity index (χ2v) is 4.58. The van der Waals surface area contributed by atoms with Gasteiger partial charge >= 0.3 is 78.3 Å². The molecule has 1 unspecified atom stereocenters. The molecule has 1 atom stereocenters. The number of ether oxygens (including phenoxy) is 1. The van der Waals surface area contributed by atoms with Crippen LogP contribution in [0.4, 0.5) is 0 Å². The van der Waals surface area contributed by atoms with Crippen LogP contribution < -0.4 is 4.35 Å². The number of carbonyl (C=O) groups excluding carboxylic acids is 1. The molecule has 0 saturated carbocycles. The number of rotatable bonds is 2. The van der Waals surface area contributed by atoms with Crippen LogP contribution in [-0.4, -0.2) is 28.8 Å². The molecule has 0 aromatic heterocycles. The summed E-state index contributed by atoms with van der Waals surface area (Å²) in [6.07, 6.45) is 0. The standard InChI is InChI=1S/C9H11AsO2/c1-10-8-5-3-7(4-6-8)9(11)12-2/h3-6,10H,1-2H3. The first-order valence-electron chi connectivity index (χ1n) is 3.64. The van der Waals surface area contributed by atoms with E-state index in [2.05, 4.69) is 10.4 Å². The van der Waals surface area contributed by atoms with Gasteiger partial charge in [-0.1, -0.05) is 0 Å². The summed E-state index contributed by atoms with van der Waals surface area (Å²) in [5, 5.41) is 0. The quantitative estimate of drug-likeness (QED) is 0.544. The summed E-state index contributed by atoms with van der Waals surface area (Å²) >= 11 is 0.00183. The Hall–Kier alpha value is -0.752. The van der Waals surface area contributed by atoms with E-state index in [4.69, 9.17) is 0 Å². The summed E-state index contributed by atoms with van der Waals surface area (Å²) in [4.78, 5) is 11.0. The summed E-state index contributed by atoms with van der Waals surface area (Å²) in [5.74, 6) is -0.266. The second-order valence-electron chi connectivity index (χ2n) is 2.32. The van der Waals surface area contributed by atoms with Crippen LogP contribution in [0.25, 0.3) is 0 Å². The molecule has 0 saturated heterocycles. The minimum atomic E-state index is -0.266. The maximum absolute atomic E-state index is 11.0. The van der Waals surface area contributed by atoms with Gasteiger partial charge in [-0.3, -0.25) is 0 Å². The van der Waals surface area contributed by atoms with Gasteiger partial charge < -0.3 is 0 Å². The topological polar surface area (TPSA) is 26.3 Å². The van der Waals surface area contributed by atoms with Gasteiger partial charge in [0.05, 0.1) is 0 Å². The summed E-state index contributed by atoms with van der Waals surface area (Å²) < 4.78 is 5.93. The summed E-state index contributed by atoms with van der Waals surface area (Å²) in [7, 11) is 1.39. The first-order valence-corrected chi connectivity index (χ1v) is 6.78. The van der Waals surface area contributed by atoms with Crippen molar-refractivity contribution in [2.45, 2.75) is 5.71 Å². The molecule has 0 aliphatic heterocycles. The van der Waals surface area contributed by atoms with E-state index in [0.29, 0.717) is 5.56 Å². The van der Waals surface area contributed by atoms with Crippen LogP contribution in [0.1, 0.15) is 10.4 Å². The fourth-order valence-corrected chi connectivity index (χ4v) is 1.94. The van der Waals surface area contributed by atoms with Crippen LogP contribution >= 0.6 is 0 Å². The molecule has 1 aromatic carbocycles. The van der Waals surface area contributed by atoms with Gasteiger partial charge in [0, 0.05) is 0 Å². The van der Waals surface area contributed by atoms with Gasteiger partial charge in [-0.05, 0) is 0 Å². The first kappa shape index (κ1) is 9.34. The number of hydrogen-bond acceptors (Lipinski definition) is 2. The maximum atomic E-state index is 11.0. The van der Waals surface area contributed by atoms with E-state index in [0.717, 1.165) is 0 Å². The minimum absolute atomic E-state index is 0.00183. The predicted octanol–water partition coefficient (Wildman–Crippen LogP) is 0.583. The molecule has 0 fully saturated rings. The molecule has 0 heterocycles. The Bertz CT molecular complexity index is 266. The molecule has 2 nitrogen and oxygen atoms in total. The molecule has 64 valence electrons. The third-order valence-electron chi connectivity index (χ3n) is 1.59. The Balaban J connectivity index is 2.84. The van der Waals surface area contributed by atoms with Crippen LogP contribution in [0.15, 0.2) is 24.3 Å². The van der Waals surface area contributed by atoms with Crippen LogP contribution in [0.3, 0.4) is 0 Å². The molecular weight excluding hydrogens is 215 g/mol. The Morgan fingerprint density at radius 1 is 1.33 bits per heavy atom. The van der Waals surface area contributed by atoms with Crippen molar-refractivity contribution in [1.82, 2.24) is 0 Å². The Morgan fingerprint density at radius 3 is 2.33 bits per heavy atom. The van der Waals surface area contributed by atoms with E-state index < -0.39 is 0 Å². The molecular formula is C9H11AsO2. The van der Waals surface area contributed by atoms with Gasteiger partial charge in [0.2, 0.25) is 0 Å². The number of benzene rings is 1. The van der Waals surface area contributed by atoms with Crippen molar-refractivity contribution in [1.29, 1.82) is 0 Å². The second kappa shape index (κ2) is 4.32. The Kier molecular flexibility index (Phi) is 3.36. The van der Waals surface area contributed by atoms with Crippen molar-refractivity contribution in [2.75, 3.05) is 7.11 Å². The van der Waals surface area contributed by atoms with Gasteiger partial charge in [0.25, 0.3) is 0 Å². The molecule has 0 aliphatic rings. The molecule has 0 aliphatic carbocycles. The molecule has 0 N–H and O–H groups in total. The normalized spacial score (nSPS) is 10.5. The molecule has 0 radical (unpaired) electrons. The van der Waals surface area contributed by atoms with Crippen LogP contribution in [0, 0.1) is 0 Å². The molecule has 1 aromatic rings. The van der Waals surface area contributed by atoms with E-state index in [1.165, 1.54) is 11.5 Å². The van der Waals surface area contributed by atoms with E-state index in [9.17, 15) is 4.79 Å². The number of carbonyl (C=O) groups is 1. The summed E-state index contributed by atoms with van der Waals surface area (Å²) in [6, 6.07) is 7.61. The van der Waals surface area contributed by atoms with Gasteiger partial charge in [-0.15, -0.1) is 0 Å². The van der Waals surface area contributed by atoms with E-state index in [1.54, 1.807) is 0 Å². The van der Waals surface area contributed by atoms with Crippen molar-refractivity contribution in [2.24, 2.45) is 0 Å². The van der Waals surface area contributed by atoms with E-state index >= 15 is 0 Å². The predicted molar refractivity (Wildman–Crippen MR) is 50.4 cm³/mol. The average molecular weight is 226 g/mol. The van der Waals surface area contributed by atoms with Crippen LogP contribution in [0.2, 0.25) is 5.71 Å². The Labute approximate surface area is 78.6 Å². The van der Waals surface area contributed by atoms with Crippen molar-refractivity contribution < 1.29 is 9.53 Å². The molecule has 0 bridgehead atoms. The van der Waals surface area contributed by atoms with Gasteiger partial charge in [0.1, 0.15) is 0 Å². The Morgan fingerprint density at radius 2 is 1.92 bits per heavy atom. The van der Waals surface area contributed by atoms with E-state index in [1.807, 2.05) is 24.3 Å². The zero-order chi connectivity index (χ0) is 8.97. The fraction of sp³-hybridized carbons (Fsp3) is 0.222. The third-order valence-corrected chi connectivity index (χ3v) is 3.51. The number of methoxy groups -OCH3 is 1. The van der Waals surface area contributed by atoms with Crippen molar-refractivity contribution in [3.8, 4) is 0 Å². The zero-order valence-corrected chi connectivity index (χ0v) is 9.22. The molecule has 12 heavy (non-hydrogen) atoms. The van der Waals surface area contributed by atoms with Gasteiger partial charge in [0.15, 0.2) is 0 Å². The van der Waals surface area contributed by atoms with Gasteiger partial charge in [-0.2, -0.15) is 0 Å². The molecule has 1 rings (SSSR count). The molecule has 0 spiro atoms. The van der Waals surface area contributed by atoms with Crippen molar-refractivity contribution >= 4 is 26.1 Å². The monoisotopic (exact) mass is 226 g/mol. The van der Waals surface area contributed by atoms with Crippen LogP contribution in [-0.2, 0) is 4.74 Å². The zero-order valence-electron chi connectivity index (χ0n) is 7.13. The van der Waals surface area contributed by atoms with Crippen LogP contribution in [0.5, 0.6) is 0 Å². The van der Waals surface area contributed by atoms with Crippen molar-refractivity contribution in [3.63, 3.8) is 0 Å². The number of hydrogen-bond donors (Lipinski definition) is 0. The molecule has 3 heteroatoms. The first-order chi connectivity index (χ1) is 5.77. The summed E-state index contributed by atoms with van der Waals surface area (Å²) in [6.45, 7) is 0. The van der Waals surface area contributed by atoms with Gasteiger partial charge in [-0.25, -0.2) is 0 Å². The fourth-order valence-electron chi connectivity index (χ4n) is 0.891. The third kappa shape index (κ3) is 2.12. The summed E-state index contributed by atoms with van der Waals surface area (Å²) in [5.41, 5.74) is 2.83. The van der Waals surface area contributed by atoms with Crippen molar-refractivity contribution in [3.05, 3.63) is 29.8 Å². The SMILES string of the molecule is COC(=O)c1ccc([AsH]C)cc1. The average Bonchev–Trinajstić information content (AvgIpc) is 2.17.